The lowest BCUT2D eigenvalue weighted by molar-refractivity contribution is -0.0328. The van der Waals surface area contributed by atoms with Gasteiger partial charge in [0.05, 0.1) is 5.69 Å². The molecule has 1 aromatic heterocycles. The smallest absolute Gasteiger partial charge is 0.446 e. The number of tetrazole rings is 1. The number of aromatic nitrogens is 4. The van der Waals surface area contributed by atoms with Crippen molar-refractivity contribution in [2.45, 2.75) is 23.9 Å². The fourth-order valence-corrected chi connectivity index (χ4v) is 3.14. The lowest BCUT2D eigenvalue weighted by Crippen LogP contribution is -2.23. The summed E-state index contributed by atoms with van der Waals surface area (Å²) < 4.78 is 59.9. The Morgan fingerprint density at radius 3 is 2.57 bits per heavy atom. The van der Waals surface area contributed by atoms with E-state index in [9.17, 15) is 22.4 Å². The lowest BCUT2D eigenvalue weighted by atomic mass is 10.2. The van der Waals surface area contributed by atoms with Crippen LogP contribution in [0.4, 0.5) is 17.6 Å². The number of hydrogen-bond acceptors (Lipinski definition) is 5. The maximum atomic E-state index is 13.5. The maximum absolute atomic E-state index is 13.5. The monoisotopic (exact) mass is 414 g/mol. The molecule has 6 nitrogen and oxygen atoms in total. The Morgan fingerprint density at radius 2 is 1.93 bits per heavy atom. The number of alkyl halides is 3. The van der Waals surface area contributed by atoms with Crippen LogP contribution in [-0.4, -0.2) is 25.3 Å². The third kappa shape index (κ3) is 4.35. The Labute approximate surface area is 160 Å². The Kier molecular flexibility index (Phi) is 5.45. The zero-order valence-electron chi connectivity index (χ0n) is 14.7. The third-order valence-corrected chi connectivity index (χ3v) is 4.64. The molecule has 0 bridgehead atoms. The standard InChI is InChI=1S/C17H14F4N4O2S/c1-10-6-7-11(18)8-14(10)27-9-12-13(25-16(26)24(2)22-23-25)4-3-5-15(12)28-17(19,20)21/h3-8H,9H2,1-2H3. The lowest BCUT2D eigenvalue weighted by Gasteiger charge is -2.16. The summed E-state index contributed by atoms with van der Waals surface area (Å²) in [7, 11) is 1.37. The van der Waals surface area contributed by atoms with Crippen LogP contribution in [0.3, 0.4) is 0 Å². The van der Waals surface area contributed by atoms with Crippen molar-refractivity contribution in [3.05, 3.63) is 63.8 Å². The van der Waals surface area contributed by atoms with Gasteiger partial charge in [-0.2, -0.15) is 22.5 Å². The number of halogens is 4. The Balaban J connectivity index is 2.06. The molecule has 3 rings (SSSR count). The normalized spacial score (nSPS) is 11.6. The first kappa shape index (κ1) is 19.9. The second kappa shape index (κ2) is 7.66. The first-order chi connectivity index (χ1) is 13.2. The van der Waals surface area contributed by atoms with E-state index in [1.165, 1.54) is 37.4 Å². The molecule has 0 amide bonds. The summed E-state index contributed by atoms with van der Waals surface area (Å²) in [6, 6.07) is 7.97. The molecule has 3 aromatic rings. The van der Waals surface area contributed by atoms with Gasteiger partial charge in [-0.25, -0.2) is 9.18 Å². The van der Waals surface area contributed by atoms with Crippen molar-refractivity contribution in [2.75, 3.05) is 0 Å². The zero-order valence-corrected chi connectivity index (χ0v) is 15.5. The van der Waals surface area contributed by atoms with Crippen LogP contribution < -0.4 is 10.4 Å². The van der Waals surface area contributed by atoms with E-state index in [1.54, 1.807) is 6.92 Å². The van der Waals surface area contributed by atoms with Gasteiger partial charge in [-0.1, -0.05) is 12.1 Å². The summed E-state index contributed by atoms with van der Waals surface area (Å²) in [6.45, 7) is 1.35. The fourth-order valence-electron chi connectivity index (χ4n) is 2.46. The Bertz CT molecular complexity index is 1060. The molecule has 0 saturated carbocycles. The number of thioether (sulfide) groups is 1. The van der Waals surface area contributed by atoms with Crippen LogP contribution >= 0.6 is 11.8 Å². The van der Waals surface area contributed by atoms with Gasteiger partial charge in [0, 0.05) is 23.6 Å². The van der Waals surface area contributed by atoms with Crippen molar-refractivity contribution >= 4 is 11.8 Å². The number of ether oxygens (including phenoxy) is 1. The molecule has 0 radical (unpaired) electrons. The molecule has 0 atom stereocenters. The van der Waals surface area contributed by atoms with Gasteiger partial charge in [0.2, 0.25) is 0 Å². The molecule has 0 unspecified atom stereocenters. The predicted molar refractivity (Wildman–Crippen MR) is 94.0 cm³/mol. The molecule has 0 N–H and O–H groups in total. The highest BCUT2D eigenvalue weighted by Gasteiger charge is 2.31. The molecular formula is C17H14F4N4O2S. The van der Waals surface area contributed by atoms with Crippen LogP contribution in [0.15, 0.2) is 46.1 Å². The number of hydrogen-bond donors (Lipinski definition) is 0. The second-order valence-electron chi connectivity index (χ2n) is 5.80. The van der Waals surface area contributed by atoms with Crippen molar-refractivity contribution in [2.24, 2.45) is 7.05 Å². The van der Waals surface area contributed by atoms with E-state index < -0.39 is 17.0 Å². The molecule has 0 aliphatic carbocycles. The highest BCUT2D eigenvalue weighted by atomic mass is 32.2. The third-order valence-electron chi connectivity index (χ3n) is 3.81. The average Bonchev–Trinajstić information content (AvgIpc) is 2.94. The van der Waals surface area contributed by atoms with Gasteiger partial charge in [-0.15, -0.1) is 0 Å². The van der Waals surface area contributed by atoms with E-state index in [0.717, 1.165) is 15.4 Å². The Morgan fingerprint density at radius 1 is 1.18 bits per heavy atom. The van der Waals surface area contributed by atoms with Gasteiger partial charge in [-0.3, -0.25) is 0 Å². The maximum Gasteiger partial charge on any atom is 0.446 e. The highest BCUT2D eigenvalue weighted by Crippen LogP contribution is 2.40. The zero-order chi connectivity index (χ0) is 20.5. The molecular weight excluding hydrogens is 400 g/mol. The molecule has 148 valence electrons. The minimum absolute atomic E-state index is 0.0797. The topological polar surface area (TPSA) is 61.9 Å². The first-order valence-corrected chi connectivity index (χ1v) is 8.73. The van der Waals surface area contributed by atoms with Gasteiger partial charge in [0.25, 0.3) is 0 Å². The van der Waals surface area contributed by atoms with Gasteiger partial charge in [-0.05, 0) is 52.9 Å². The molecule has 11 heteroatoms. The van der Waals surface area contributed by atoms with Crippen molar-refractivity contribution in [3.63, 3.8) is 0 Å². The van der Waals surface area contributed by atoms with Crippen LogP contribution in [0.25, 0.3) is 5.69 Å². The SMILES string of the molecule is Cc1ccc(F)cc1OCc1c(SC(F)(F)F)cccc1-n1nnn(C)c1=O. The Hall–Kier alpha value is -2.82. The number of nitrogens with zero attached hydrogens (tertiary/aromatic N) is 4. The van der Waals surface area contributed by atoms with Crippen LogP contribution in [0, 0.1) is 12.7 Å². The summed E-state index contributed by atoms with van der Waals surface area (Å²) in [5, 5.41) is 7.26. The molecule has 0 fully saturated rings. The van der Waals surface area contributed by atoms with E-state index in [1.807, 2.05) is 0 Å². The average molecular weight is 414 g/mol. The first-order valence-electron chi connectivity index (χ1n) is 7.91. The molecule has 1 heterocycles. The van der Waals surface area contributed by atoms with Gasteiger partial charge in [0.15, 0.2) is 0 Å². The summed E-state index contributed by atoms with van der Waals surface area (Å²) in [4.78, 5) is 12.0. The highest BCUT2D eigenvalue weighted by molar-refractivity contribution is 8.00. The van der Waals surface area contributed by atoms with Gasteiger partial charge >= 0.3 is 11.2 Å². The summed E-state index contributed by atoms with van der Waals surface area (Å²) in [6.07, 6.45) is 0. The van der Waals surface area contributed by atoms with Crippen molar-refractivity contribution < 1.29 is 22.3 Å². The summed E-state index contributed by atoms with van der Waals surface area (Å²) >= 11 is -0.333. The minimum atomic E-state index is -4.55. The molecule has 28 heavy (non-hydrogen) atoms. The molecule has 0 aliphatic heterocycles. The number of benzene rings is 2. The van der Waals surface area contributed by atoms with Crippen LogP contribution in [0.5, 0.6) is 5.75 Å². The predicted octanol–water partition coefficient (Wildman–Crippen LogP) is 3.60. The quantitative estimate of drug-likeness (QED) is 0.472. The van der Waals surface area contributed by atoms with E-state index in [-0.39, 0.29) is 40.3 Å². The minimum Gasteiger partial charge on any atom is -0.488 e. The number of rotatable bonds is 5. The second-order valence-corrected chi connectivity index (χ2v) is 6.90. The van der Waals surface area contributed by atoms with Crippen molar-refractivity contribution in [1.29, 1.82) is 0 Å². The molecule has 0 saturated heterocycles. The van der Waals surface area contributed by atoms with Crippen molar-refractivity contribution in [3.8, 4) is 11.4 Å². The summed E-state index contributed by atoms with van der Waals surface area (Å²) in [5.41, 5.74) is -4.38. The number of aryl methyl sites for hydroxylation is 2. The van der Waals surface area contributed by atoms with Crippen LogP contribution in [-0.2, 0) is 13.7 Å². The van der Waals surface area contributed by atoms with Crippen LogP contribution in [0.2, 0.25) is 0 Å². The fraction of sp³-hybridized carbons (Fsp3) is 0.235. The largest absolute Gasteiger partial charge is 0.488 e. The summed E-state index contributed by atoms with van der Waals surface area (Å²) in [5.74, 6) is -0.354. The van der Waals surface area contributed by atoms with E-state index in [4.69, 9.17) is 4.74 Å². The van der Waals surface area contributed by atoms with Crippen LogP contribution in [0.1, 0.15) is 11.1 Å². The van der Waals surface area contributed by atoms with Gasteiger partial charge < -0.3 is 4.74 Å². The van der Waals surface area contributed by atoms with Gasteiger partial charge in [0.1, 0.15) is 18.2 Å². The molecule has 0 aliphatic rings. The molecule has 0 spiro atoms. The van der Waals surface area contributed by atoms with Crippen molar-refractivity contribution in [1.82, 2.24) is 19.8 Å². The van der Waals surface area contributed by atoms with E-state index >= 15 is 0 Å². The molecule has 2 aromatic carbocycles. The van der Waals surface area contributed by atoms with E-state index in [2.05, 4.69) is 10.4 Å². The van der Waals surface area contributed by atoms with E-state index in [0.29, 0.717) is 5.56 Å².